The summed E-state index contributed by atoms with van der Waals surface area (Å²) in [6.45, 7) is 12.8. The number of nitrogens with one attached hydrogen (secondary N) is 1. The number of para-hydroxylation sites is 1. The van der Waals surface area contributed by atoms with Gasteiger partial charge in [-0.3, -0.25) is 9.80 Å². The van der Waals surface area contributed by atoms with Gasteiger partial charge in [-0.15, -0.1) is 6.58 Å². The first-order chi connectivity index (χ1) is 15.7. The van der Waals surface area contributed by atoms with Gasteiger partial charge in [0, 0.05) is 42.3 Å². The predicted octanol–water partition coefficient (Wildman–Crippen LogP) is 5.55. The summed E-state index contributed by atoms with van der Waals surface area (Å²) >= 11 is 0. The minimum absolute atomic E-state index is 0.221. The molecule has 5 rings (SSSR count). The highest BCUT2D eigenvalue weighted by atomic mass is 16.5. The smallest absolute Gasteiger partial charge is 0.124 e. The molecule has 4 heteroatoms. The fourth-order valence-corrected chi connectivity index (χ4v) is 5.47. The van der Waals surface area contributed by atoms with Gasteiger partial charge in [-0.2, -0.15) is 0 Å². The van der Waals surface area contributed by atoms with Gasteiger partial charge in [0.2, 0.25) is 0 Å². The van der Waals surface area contributed by atoms with Crippen LogP contribution in [0.1, 0.15) is 49.6 Å². The molecule has 0 spiro atoms. The molecule has 0 saturated carbocycles. The van der Waals surface area contributed by atoms with Crippen molar-refractivity contribution in [3.05, 3.63) is 78.0 Å². The van der Waals surface area contributed by atoms with E-state index < -0.39 is 0 Å². The Labute approximate surface area is 191 Å². The van der Waals surface area contributed by atoms with Crippen molar-refractivity contribution in [3.8, 4) is 5.75 Å². The number of fused-ring (bicyclic) bond motifs is 3. The molecule has 0 aliphatic carbocycles. The monoisotopic (exact) mass is 429 g/mol. The summed E-state index contributed by atoms with van der Waals surface area (Å²) < 4.78 is 6.22. The number of benzene rings is 2. The van der Waals surface area contributed by atoms with Gasteiger partial charge in [-0.05, 0) is 62.1 Å². The number of ether oxygens (including phenoxy) is 1. The van der Waals surface area contributed by atoms with E-state index in [0.717, 1.165) is 38.2 Å². The standard InChI is InChI=1S/C28H35N3O/c1-4-6-16-31-20(3)17-25-24-9-7-8-10-26(24)29-27(25)28(31)21-11-13-22(14-12-21)32-23-18-30(19-23)15-5-2/h4,7-14,20,23,28-29H,1,5-6,15-19H2,2-3H3/t20-,28-/m1/s1. The summed E-state index contributed by atoms with van der Waals surface area (Å²) in [6.07, 6.45) is 5.63. The number of rotatable bonds is 8. The summed E-state index contributed by atoms with van der Waals surface area (Å²) in [5.41, 5.74) is 5.37. The lowest BCUT2D eigenvalue weighted by molar-refractivity contribution is 0.0202. The zero-order valence-corrected chi connectivity index (χ0v) is 19.4. The van der Waals surface area contributed by atoms with Crippen LogP contribution in [0.3, 0.4) is 0 Å². The van der Waals surface area contributed by atoms with Gasteiger partial charge in [0.05, 0.1) is 6.04 Å². The molecular formula is C28H35N3O. The van der Waals surface area contributed by atoms with Crippen molar-refractivity contribution in [2.24, 2.45) is 0 Å². The molecule has 1 N–H and O–H groups in total. The SMILES string of the molecule is C=CCCN1[C@H](c2ccc(OC3CN(CCC)C3)cc2)c2[nH]c3ccccc3c2C[C@H]1C. The summed E-state index contributed by atoms with van der Waals surface area (Å²) in [7, 11) is 0. The first-order valence-corrected chi connectivity index (χ1v) is 12.1. The third-order valence-corrected chi connectivity index (χ3v) is 7.07. The van der Waals surface area contributed by atoms with E-state index in [1.165, 1.54) is 40.7 Å². The van der Waals surface area contributed by atoms with Crippen molar-refractivity contribution in [1.82, 2.24) is 14.8 Å². The number of likely N-dealkylation sites (tertiary alicyclic amines) is 1. The van der Waals surface area contributed by atoms with Gasteiger partial charge in [-0.1, -0.05) is 43.3 Å². The van der Waals surface area contributed by atoms with E-state index in [1.807, 2.05) is 6.08 Å². The summed E-state index contributed by atoms with van der Waals surface area (Å²) in [5, 5.41) is 1.37. The van der Waals surface area contributed by atoms with Crippen LogP contribution in [0.2, 0.25) is 0 Å². The molecule has 1 saturated heterocycles. The molecule has 0 amide bonds. The molecular weight excluding hydrogens is 394 g/mol. The molecule has 1 aromatic heterocycles. The molecule has 2 aromatic carbocycles. The summed E-state index contributed by atoms with van der Waals surface area (Å²) in [5.74, 6) is 0.980. The molecule has 4 nitrogen and oxygen atoms in total. The van der Waals surface area contributed by atoms with Crippen LogP contribution in [0.4, 0.5) is 0 Å². The van der Waals surface area contributed by atoms with E-state index in [9.17, 15) is 0 Å². The summed E-state index contributed by atoms with van der Waals surface area (Å²) in [6, 6.07) is 18.2. The fourth-order valence-electron chi connectivity index (χ4n) is 5.47. The maximum Gasteiger partial charge on any atom is 0.124 e. The van der Waals surface area contributed by atoms with Gasteiger partial charge >= 0.3 is 0 Å². The molecule has 3 heterocycles. The van der Waals surface area contributed by atoms with Crippen LogP contribution >= 0.6 is 0 Å². The van der Waals surface area contributed by atoms with Gasteiger partial charge in [0.1, 0.15) is 11.9 Å². The van der Waals surface area contributed by atoms with Crippen LogP contribution in [-0.4, -0.2) is 53.1 Å². The molecule has 3 aromatic rings. The number of hydrogen-bond donors (Lipinski definition) is 1. The predicted molar refractivity (Wildman–Crippen MR) is 132 cm³/mol. The number of aromatic amines is 1. The fraction of sp³-hybridized carbons (Fsp3) is 0.429. The van der Waals surface area contributed by atoms with E-state index in [4.69, 9.17) is 4.74 Å². The van der Waals surface area contributed by atoms with E-state index in [-0.39, 0.29) is 6.04 Å². The van der Waals surface area contributed by atoms with E-state index in [2.05, 4.69) is 83.7 Å². The highest BCUT2D eigenvalue weighted by molar-refractivity contribution is 5.85. The second-order valence-electron chi connectivity index (χ2n) is 9.40. The molecule has 1 fully saturated rings. The average Bonchev–Trinajstić information content (AvgIpc) is 3.14. The normalized spacial score (nSPS) is 21.9. The number of hydrogen-bond acceptors (Lipinski definition) is 3. The number of aromatic nitrogens is 1. The highest BCUT2D eigenvalue weighted by Crippen LogP contribution is 2.41. The van der Waals surface area contributed by atoms with Crippen LogP contribution < -0.4 is 4.74 Å². The number of H-pyrrole nitrogens is 1. The van der Waals surface area contributed by atoms with Crippen molar-refractivity contribution < 1.29 is 4.74 Å². The lowest BCUT2D eigenvalue weighted by Crippen LogP contribution is -2.53. The third kappa shape index (κ3) is 3.98. The van der Waals surface area contributed by atoms with Crippen molar-refractivity contribution >= 4 is 10.9 Å². The first kappa shape index (κ1) is 21.3. The maximum atomic E-state index is 6.22. The Bertz CT molecular complexity index is 1060. The van der Waals surface area contributed by atoms with Crippen LogP contribution in [0, 0.1) is 0 Å². The quantitative estimate of drug-likeness (QED) is 0.476. The van der Waals surface area contributed by atoms with Gasteiger partial charge < -0.3 is 9.72 Å². The molecule has 0 unspecified atom stereocenters. The number of nitrogens with zero attached hydrogens (tertiary/aromatic N) is 2. The van der Waals surface area contributed by atoms with Crippen molar-refractivity contribution in [2.45, 2.75) is 51.3 Å². The largest absolute Gasteiger partial charge is 0.488 e. The highest BCUT2D eigenvalue weighted by Gasteiger charge is 2.35. The zero-order chi connectivity index (χ0) is 22.1. The van der Waals surface area contributed by atoms with Gasteiger partial charge in [-0.25, -0.2) is 0 Å². The Morgan fingerprint density at radius 3 is 2.62 bits per heavy atom. The first-order valence-electron chi connectivity index (χ1n) is 12.1. The third-order valence-electron chi connectivity index (χ3n) is 7.07. The Morgan fingerprint density at radius 2 is 1.88 bits per heavy atom. The molecule has 2 aliphatic heterocycles. The minimum Gasteiger partial charge on any atom is -0.488 e. The van der Waals surface area contributed by atoms with Crippen LogP contribution in [-0.2, 0) is 6.42 Å². The van der Waals surface area contributed by atoms with Crippen molar-refractivity contribution in [2.75, 3.05) is 26.2 Å². The van der Waals surface area contributed by atoms with Gasteiger partial charge in [0.25, 0.3) is 0 Å². The van der Waals surface area contributed by atoms with E-state index in [1.54, 1.807) is 0 Å². The van der Waals surface area contributed by atoms with Crippen molar-refractivity contribution in [1.29, 1.82) is 0 Å². The second kappa shape index (κ2) is 9.13. The topological polar surface area (TPSA) is 31.5 Å². The Morgan fingerprint density at radius 1 is 1.09 bits per heavy atom. The molecule has 2 atom stereocenters. The minimum atomic E-state index is 0.221. The molecule has 0 bridgehead atoms. The summed E-state index contributed by atoms with van der Waals surface area (Å²) in [4.78, 5) is 8.85. The zero-order valence-electron chi connectivity index (χ0n) is 19.4. The van der Waals surface area contributed by atoms with Crippen LogP contribution in [0.25, 0.3) is 10.9 Å². The van der Waals surface area contributed by atoms with Crippen molar-refractivity contribution in [3.63, 3.8) is 0 Å². The lowest BCUT2D eigenvalue weighted by atomic mass is 9.88. The van der Waals surface area contributed by atoms with E-state index in [0.29, 0.717) is 12.1 Å². The average molecular weight is 430 g/mol. The van der Waals surface area contributed by atoms with E-state index >= 15 is 0 Å². The molecule has 2 aliphatic rings. The van der Waals surface area contributed by atoms with Crippen LogP contribution in [0.5, 0.6) is 5.75 Å². The second-order valence-corrected chi connectivity index (χ2v) is 9.40. The molecule has 168 valence electrons. The Balaban J connectivity index is 1.42. The molecule has 0 radical (unpaired) electrons. The Hall–Kier alpha value is -2.56. The lowest BCUT2D eigenvalue weighted by Gasteiger charge is -2.41. The molecule has 32 heavy (non-hydrogen) atoms. The van der Waals surface area contributed by atoms with Gasteiger partial charge in [0.15, 0.2) is 0 Å². The maximum absolute atomic E-state index is 6.22. The Kier molecular flexibility index (Phi) is 6.07. The van der Waals surface area contributed by atoms with Crippen LogP contribution in [0.15, 0.2) is 61.2 Å².